The summed E-state index contributed by atoms with van der Waals surface area (Å²) in [6.07, 6.45) is 6.01. The highest BCUT2D eigenvalue weighted by Crippen LogP contribution is 2.24. The maximum Gasteiger partial charge on any atom is 0.343 e. The van der Waals surface area contributed by atoms with Crippen LogP contribution in [0.1, 0.15) is 48.9 Å². The van der Waals surface area contributed by atoms with E-state index in [1.807, 2.05) is 36.4 Å². The third-order valence-electron chi connectivity index (χ3n) is 6.58. The van der Waals surface area contributed by atoms with Crippen molar-refractivity contribution >= 4 is 17.9 Å². The number of carbonyl (C=O) groups excluding carboxylic acids is 3. The molecule has 0 aliphatic carbocycles. The summed E-state index contributed by atoms with van der Waals surface area (Å²) in [7, 11) is 0. The van der Waals surface area contributed by atoms with E-state index in [1.165, 1.54) is 0 Å². The summed E-state index contributed by atoms with van der Waals surface area (Å²) in [5.41, 5.74) is 2.43. The van der Waals surface area contributed by atoms with Crippen LogP contribution in [0.5, 0.6) is 17.2 Å². The number of aliphatic hydroxyl groups excluding tert-OH is 1. The molecule has 0 saturated heterocycles. The second-order valence-electron chi connectivity index (χ2n) is 10.1. The van der Waals surface area contributed by atoms with E-state index in [-0.39, 0.29) is 5.57 Å². The maximum absolute atomic E-state index is 12.7. The first-order chi connectivity index (χ1) is 21.9. The molecule has 0 fully saturated rings. The van der Waals surface area contributed by atoms with Crippen molar-refractivity contribution in [3.63, 3.8) is 0 Å². The standard InChI is InChI=1S/C36H40O9/c1-3-34(38)43-24-9-8-23-42-31-16-14-29(15-17-31)28-10-12-30(13-11-28)36(40)45-33-20-18-32(19-21-33)41-22-6-4-5-7-25-44-35(39)27(2)26-37/h3,10-21,37H,1-2,4-9,22-26H2. The fourth-order valence-electron chi connectivity index (χ4n) is 4.02. The highest BCUT2D eigenvalue weighted by molar-refractivity contribution is 5.91. The summed E-state index contributed by atoms with van der Waals surface area (Å²) >= 11 is 0. The van der Waals surface area contributed by atoms with Crippen molar-refractivity contribution < 1.29 is 43.2 Å². The minimum absolute atomic E-state index is 0.0561. The Hall–Kier alpha value is -4.89. The molecule has 0 unspecified atom stereocenters. The molecular weight excluding hydrogens is 576 g/mol. The van der Waals surface area contributed by atoms with Crippen molar-refractivity contribution in [3.8, 4) is 28.4 Å². The van der Waals surface area contributed by atoms with Gasteiger partial charge in [0.15, 0.2) is 0 Å². The SMILES string of the molecule is C=CC(=O)OCCCCOc1ccc(-c2ccc(C(=O)Oc3ccc(OCCCCCCOC(=O)C(=C)CO)cc3)cc2)cc1. The predicted molar refractivity (Wildman–Crippen MR) is 170 cm³/mol. The molecule has 9 nitrogen and oxygen atoms in total. The zero-order valence-corrected chi connectivity index (χ0v) is 25.4. The van der Waals surface area contributed by atoms with Gasteiger partial charge in [-0.2, -0.15) is 0 Å². The van der Waals surface area contributed by atoms with Crippen LogP contribution in [0, 0.1) is 0 Å². The lowest BCUT2D eigenvalue weighted by molar-refractivity contribution is -0.140. The number of hydrogen-bond acceptors (Lipinski definition) is 9. The van der Waals surface area contributed by atoms with Crippen molar-refractivity contribution in [2.75, 3.05) is 33.0 Å². The second kappa shape index (κ2) is 19.4. The molecule has 1 N–H and O–H groups in total. The van der Waals surface area contributed by atoms with E-state index in [0.29, 0.717) is 49.9 Å². The molecule has 0 bridgehead atoms. The average molecular weight is 617 g/mol. The maximum atomic E-state index is 12.7. The number of unbranched alkanes of at least 4 members (excludes halogenated alkanes) is 4. The lowest BCUT2D eigenvalue weighted by Gasteiger charge is -2.09. The van der Waals surface area contributed by atoms with Crippen molar-refractivity contribution in [1.82, 2.24) is 0 Å². The predicted octanol–water partition coefficient (Wildman–Crippen LogP) is 6.49. The van der Waals surface area contributed by atoms with Crippen LogP contribution in [0.2, 0.25) is 0 Å². The van der Waals surface area contributed by atoms with Gasteiger partial charge in [-0.15, -0.1) is 0 Å². The monoisotopic (exact) mass is 616 g/mol. The average Bonchev–Trinajstić information content (AvgIpc) is 3.07. The van der Waals surface area contributed by atoms with E-state index in [0.717, 1.165) is 55.1 Å². The number of ether oxygens (including phenoxy) is 5. The molecule has 0 heterocycles. The molecule has 3 rings (SSSR count). The minimum Gasteiger partial charge on any atom is -0.494 e. The molecule has 45 heavy (non-hydrogen) atoms. The summed E-state index contributed by atoms with van der Waals surface area (Å²) in [5, 5.41) is 8.84. The van der Waals surface area contributed by atoms with Gasteiger partial charge < -0.3 is 28.8 Å². The van der Waals surface area contributed by atoms with Gasteiger partial charge in [-0.3, -0.25) is 0 Å². The van der Waals surface area contributed by atoms with Gasteiger partial charge in [0.05, 0.1) is 44.2 Å². The number of benzene rings is 3. The van der Waals surface area contributed by atoms with Crippen molar-refractivity contribution in [3.05, 3.63) is 103 Å². The van der Waals surface area contributed by atoms with E-state index in [4.69, 9.17) is 28.8 Å². The molecule has 0 saturated carbocycles. The van der Waals surface area contributed by atoms with Crippen LogP contribution in [0.3, 0.4) is 0 Å². The molecule has 3 aromatic carbocycles. The Kier molecular flexibility index (Phi) is 14.9. The van der Waals surface area contributed by atoms with Gasteiger partial charge in [-0.05, 0) is 98.2 Å². The molecule has 3 aromatic rings. The topological polar surface area (TPSA) is 118 Å². The van der Waals surface area contributed by atoms with E-state index in [9.17, 15) is 14.4 Å². The number of hydrogen-bond donors (Lipinski definition) is 1. The van der Waals surface area contributed by atoms with Crippen molar-refractivity contribution in [2.24, 2.45) is 0 Å². The molecule has 9 heteroatoms. The number of carbonyl (C=O) groups is 3. The highest BCUT2D eigenvalue weighted by atomic mass is 16.5. The van der Waals surface area contributed by atoms with Crippen LogP contribution >= 0.6 is 0 Å². The highest BCUT2D eigenvalue weighted by Gasteiger charge is 2.10. The van der Waals surface area contributed by atoms with Gasteiger partial charge in [-0.1, -0.05) is 37.4 Å². The first-order valence-corrected chi connectivity index (χ1v) is 14.9. The third-order valence-corrected chi connectivity index (χ3v) is 6.58. The zero-order valence-electron chi connectivity index (χ0n) is 25.4. The summed E-state index contributed by atoms with van der Waals surface area (Å²) < 4.78 is 27.0. The Morgan fingerprint density at radius 2 is 1.09 bits per heavy atom. The van der Waals surface area contributed by atoms with E-state index < -0.39 is 24.5 Å². The summed E-state index contributed by atoms with van der Waals surface area (Å²) in [5.74, 6) is 0.413. The fourth-order valence-corrected chi connectivity index (χ4v) is 4.02. The molecule has 0 atom stereocenters. The molecular formula is C36H40O9. The fraction of sp³-hybridized carbons (Fsp3) is 0.306. The van der Waals surface area contributed by atoms with Gasteiger partial charge in [0.2, 0.25) is 0 Å². The number of rotatable bonds is 20. The Morgan fingerprint density at radius 1 is 0.622 bits per heavy atom. The normalized spacial score (nSPS) is 10.4. The van der Waals surface area contributed by atoms with Crippen LogP contribution < -0.4 is 14.2 Å². The quantitative estimate of drug-likeness (QED) is 0.0658. The Bertz CT molecular complexity index is 1380. The zero-order chi connectivity index (χ0) is 32.3. The van der Waals surface area contributed by atoms with Crippen molar-refractivity contribution in [2.45, 2.75) is 38.5 Å². The molecule has 238 valence electrons. The first-order valence-electron chi connectivity index (χ1n) is 14.9. The van der Waals surface area contributed by atoms with Gasteiger partial charge in [-0.25, -0.2) is 14.4 Å². The smallest absolute Gasteiger partial charge is 0.343 e. The van der Waals surface area contributed by atoms with Gasteiger partial charge in [0.25, 0.3) is 0 Å². The number of aliphatic hydroxyl groups is 1. The third kappa shape index (κ3) is 12.7. The molecule has 0 aromatic heterocycles. The molecule has 0 amide bonds. The first kappa shape index (κ1) is 34.6. The van der Waals surface area contributed by atoms with E-state index in [1.54, 1.807) is 36.4 Å². The van der Waals surface area contributed by atoms with Crippen LogP contribution in [-0.4, -0.2) is 56.0 Å². The van der Waals surface area contributed by atoms with Crippen LogP contribution in [0.4, 0.5) is 0 Å². The Balaban J connectivity index is 1.33. The number of esters is 3. The Labute approximate surface area is 264 Å². The lowest BCUT2D eigenvalue weighted by Crippen LogP contribution is -2.10. The second-order valence-corrected chi connectivity index (χ2v) is 10.1. The van der Waals surface area contributed by atoms with Gasteiger partial charge in [0, 0.05) is 6.08 Å². The van der Waals surface area contributed by atoms with E-state index >= 15 is 0 Å². The van der Waals surface area contributed by atoms with E-state index in [2.05, 4.69) is 13.2 Å². The Morgan fingerprint density at radius 3 is 1.67 bits per heavy atom. The van der Waals surface area contributed by atoms with Crippen LogP contribution in [0.15, 0.2) is 97.6 Å². The molecule has 0 radical (unpaired) electrons. The summed E-state index contributed by atoms with van der Waals surface area (Å²) in [6.45, 7) is 8.09. The molecule has 0 aliphatic rings. The summed E-state index contributed by atoms with van der Waals surface area (Å²) in [6, 6.07) is 21.8. The minimum atomic E-state index is -0.561. The molecule has 0 aliphatic heterocycles. The van der Waals surface area contributed by atoms with Crippen molar-refractivity contribution in [1.29, 1.82) is 0 Å². The molecule has 0 spiro atoms. The van der Waals surface area contributed by atoms with Crippen LogP contribution in [-0.2, 0) is 19.1 Å². The summed E-state index contributed by atoms with van der Waals surface area (Å²) in [4.78, 5) is 35.1. The van der Waals surface area contributed by atoms with Gasteiger partial charge >= 0.3 is 17.9 Å². The largest absolute Gasteiger partial charge is 0.494 e. The van der Waals surface area contributed by atoms with Gasteiger partial charge in [0.1, 0.15) is 17.2 Å². The lowest BCUT2D eigenvalue weighted by atomic mass is 10.0. The van der Waals surface area contributed by atoms with Crippen LogP contribution in [0.25, 0.3) is 11.1 Å².